The van der Waals surface area contributed by atoms with Crippen molar-refractivity contribution in [1.82, 2.24) is 10.3 Å². The Morgan fingerprint density at radius 1 is 1.10 bits per heavy atom. The predicted molar refractivity (Wildman–Crippen MR) is 115 cm³/mol. The standard InChI is InChI=1S/C18H21F3N4O3.HI/c1-22-17(25-13-5-6-14(26-2)15(8-13)27-3)24-10-12-4-7-16(23-9-12)28-11-18(19,20)21;/h4-9H,10-11H2,1-3H3,(H2,22,24,25);1H. The number of rotatable bonds is 7. The molecule has 0 amide bonds. The van der Waals surface area contributed by atoms with Gasteiger partial charge in [-0.1, -0.05) is 6.07 Å². The van der Waals surface area contributed by atoms with E-state index in [1.807, 2.05) is 6.07 Å². The molecule has 0 spiro atoms. The molecular formula is C18H22F3IN4O3. The van der Waals surface area contributed by atoms with Crippen molar-refractivity contribution in [3.8, 4) is 17.4 Å². The van der Waals surface area contributed by atoms with Crippen molar-refractivity contribution in [1.29, 1.82) is 0 Å². The minimum absolute atomic E-state index is 0. The zero-order valence-electron chi connectivity index (χ0n) is 16.0. The Labute approximate surface area is 183 Å². The van der Waals surface area contributed by atoms with Gasteiger partial charge in [-0.25, -0.2) is 4.98 Å². The number of benzene rings is 1. The van der Waals surface area contributed by atoms with Gasteiger partial charge in [0.15, 0.2) is 24.1 Å². The number of aliphatic imine (C=N–C) groups is 1. The summed E-state index contributed by atoms with van der Waals surface area (Å²) in [6.07, 6.45) is -2.97. The number of hydrogen-bond donors (Lipinski definition) is 2. The van der Waals surface area contributed by atoms with E-state index in [4.69, 9.17) is 9.47 Å². The van der Waals surface area contributed by atoms with Crippen LogP contribution in [0.15, 0.2) is 41.5 Å². The average molecular weight is 526 g/mol. The van der Waals surface area contributed by atoms with Crippen molar-refractivity contribution in [2.45, 2.75) is 12.7 Å². The SMILES string of the molecule is CN=C(NCc1ccc(OCC(F)(F)F)nc1)Nc1ccc(OC)c(OC)c1.I. The lowest BCUT2D eigenvalue weighted by molar-refractivity contribution is -0.154. The molecule has 0 radical (unpaired) electrons. The number of methoxy groups -OCH3 is 2. The van der Waals surface area contributed by atoms with Crippen molar-refractivity contribution < 1.29 is 27.4 Å². The van der Waals surface area contributed by atoms with Crippen LogP contribution in [-0.2, 0) is 6.54 Å². The fraction of sp³-hybridized carbons (Fsp3) is 0.333. The number of ether oxygens (including phenoxy) is 3. The number of guanidine groups is 1. The van der Waals surface area contributed by atoms with Gasteiger partial charge in [-0.2, -0.15) is 13.2 Å². The van der Waals surface area contributed by atoms with Gasteiger partial charge < -0.3 is 24.8 Å². The number of anilines is 1. The molecule has 0 saturated carbocycles. The normalized spacial score (nSPS) is 11.3. The van der Waals surface area contributed by atoms with E-state index in [0.29, 0.717) is 24.0 Å². The highest BCUT2D eigenvalue weighted by molar-refractivity contribution is 14.0. The molecule has 2 rings (SSSR count). The van der Waals surface area contributed by atoms with Gasteiger partial charge in [0.2, 0.25) is 5.88 Å². The lowest BCUT2D eigenvalue weighted by Gasteiger charge is -2.14. The minimum atomic E-state index is -4.40. The number of pyridine rings is 1. The summed E-state index contributed by atoms with van der Waals surface area (Å²) >= 11 is 0. The Morgan fingerprint density at radius 2 is 1.83 bits per heavy atom. The van der Waals surface area contributed by atoms with E-state index in [2.05, 4.69) is 25.3 Å². The molecule has 29 heavy (non-hydrogen) atoms. The van der Waals surface area contributed by atoms with Crippen LogP contribution in [0.5, 0.6) is 17.4 Å². The molecular weight excluding hydrogens is 504 g/mol. The first kappa shape index (κ1) is 24.6. The number of aromatic nitrogens is 1. The number of hydrogen-bond acceptors (Lipinski definition) is 5. The molecule has 1 aromatic carbocycles. The Morgan fingerprint density at radius 3 is 2.38 bits per heavy atom. The third kappa shape index (κ3) is 8.21. The van der Waals surface area contributed by atoms with E-state index in [1.54, 1.807) is 39.5 Å². The smallest absolute Gasteiger partial charge is 0.422 e. The number of nitrogens with one attached hydrogen (secondary N) is 2. The summed E-state index contributed by atoms with van der Waals surface area (Å²) in [7, 11) is 4.71. The highest BCUT2D eigenvalue weighted by Crippen LogP contribution is 2.29. The summed E-state index contributed by atoms with van der Waals surface area (Å²) in [6.45, 7) is -1.01. The summed E-state index contributed by atoms with van der Waals surface area (Å²) in [6, 6.07) is 8.34. The molecule has 0 aliphatic carbocycles. The zero-order valence-corrected chi connectivity index (χ0v) is 18.4. The second kappa shape index (κ2) is 11.5. The van der Waals surface area contributed by atoms with Crippen LogP contribution in [0, 0.1) is 0 Å². The molecule has 1 heterocycles. The van der Waals surface area contributed by atoms with Crippen molar-refractivity contribution in [3.63, 3.8) is 0 Å². The molecule has 160 valence electrons. The van der Waals surface area contributed by atoms with Crippen LogP contribution < -0.4 is 24.8 Å². The highest BCUT2D eigenvalue weighted by Gasteiger charge is 2.28. The number of alkyl halides is 3. The molecule has 0 atom stereocenters. The Balaban J connectivity index is 0.00000420. The van der Waals surface area contributed by atoms with Crippen molar-refractivity contribution in [2.75, 3.05) is 33.2 Å². The van der Waals surface area contributed by atoms with Crippen LogP contribution in [0.3, 0.4) is 0 Å². The molecule has 2 N–H and O–H groups in total. The Hall–Kier alpha value is -2.44. The van der Waals surface area contributed by atoms with Crippen molar-refractivity contribution >= 4 is 35.6 Å². The van der Waals surface area contributed by atoms with Crippen LogP contribution in [0.25, 0.3) is 0 Å². The van der Waals surface area contributed by atoms with Crippen LogP contribution in [0.1, 0.15) is 5.56 Å². The fourth-order valence-electron chi connectivity index (χ4n) is 2.17. The zero-order chi connectivity index (χ0) is 20.6. The van der Waals surface area contributed by atoms with E-state index in [0.717, 1.165) is 11.3 Å². The largest absolute Gasteiger partial charge is 0.493 e. The highest BCUT2D eigenvalue weighted by atomic mass is 127. The van der Waals surface area contributed by atoms with Crippen LogP contribution in [-0.4, -0.2) is 45.0 Å². The molecule has 0 aliphatic heterocycles. The molecule has 7 nitrogen and oxygen atoms in total. The summed E-state index contributed by atoms with van der Waals surface area (Å²) in [5, 5.41) is 6.19. The third-order valence-electron chi connectivity index (χ3n) is 3.51. The van der Waals surface area contributed by atoms with Gasteiger partial charge in [-0.15, -0.1) is 24.0 Å². The minimum Gasteiger partial charge on any atom is -0.493 e. The molecule has 0 bridgehead atoms. The molecule has 0 aliphatic rings. The molecule has 11 heteroatoms. The molecule has 0 fully saturated rings. The molecule has 2 aromatic rings. The first-order valence-electron chi connectivity index (χ1n) is 8.19. The van der Waals surface area contributed by atoms with Crippen LogP contribution >= 0.6 is 24.0 Å². The topological polar surface area (TPSA) is 77.0 Å². The van der Waals surface area contributed by atoms with E-state index in [1.165, 1.54) is 12.3 Å². The molecule has 1 aromatic heterocycles. The van der Waals surface area contributed by atoms with E-state index >= 15 is 0 Å². The maximum atomic E-state index is 12.1. The second-order valence-corrected chi connectivity index (χ2v) is 5.53. The van der Waals surface area contributed by atoms with Crippen LogP contribution in [0.2, 0.25) is 0 Å². The second-order valence-electron chi connectivity index (χ2n) is 5.53. The summed E-state index contributed by atoms with van der Waals surface area (Å²) < 4.78 is 51.5. The lowest BCUT2D eigenvalue weighted by Crippen LogP contribution is -2.30. The average Bonchev–Trinajstić information content (AvgIpc) is 2.69. The van der Waals surface area contributed by atoms with Crippen molar-refractivity contribution in [3.05, 3.63) is 42.1 Å². The van der Waals surface area contributed by atoms with Gasteiger partial charge in [-0.3, -0.25) is 4.99 Å². The Bertz CT molecular complexity index is 802. The van der Waals surface area contributed by atoms with E-state index in [-0.39, 0.29) is 29.9 Å². The summed E-state index contributed by atoms with van der Waals surface area (Å²) in [4.78, 5) is 7.98. The lowest BCUT2D eigenvalue weighted by atomic mass is 10.2. The quantitative estimate of drug-likeness (QED) is 0.325. The van der Waals surface area contributed by atoms with Gasteiger partial charge in [0.05, 0.1) is 14.2 Å². The third-order valence-corrected chi connectivity index (χ3v) is 3.51. The number of halogens is 4. The summed E-state index contributed by atoms with van der Waals surface area (Å²) in [5.74, 6) is 1.58. The Kier molecular flexibility index (Phi) is 9.78. The first-order valence-corrected chi connectivity index (χ1v) is 8.19. The predicted octanol–water partition coefficient (Wildman–Crippen LogP) is 3.85. The molecule has 0 unspecified atom stereocenters. The van der Waals surface area contributed by atoms with Crippen molar-refractivity contribution in [2.24, 2.45) is 4.99 Å². The maximum Gasteiger partial charge on any atom is 0.422 e. The fourth-order valence-corrected chi connectivity index (χ4v) is 2.17. The van der Waals surface area contributed by atoms with Gasteiger partial charge >= 0.3 is 6.18 Å². The van der Waals surface area contributed by atoms with Gasteiger partial charge in [0.25, 0.3) is 0 Å². The van der Waals surface area contributed by atoms with E-state index in [9.17, 15) is 13.2 Å². The summed E-state index contributed by atoms with van der Waals surface area (Å²) in [5.41, 5.74) is 1.48. The molecule has 0 saturated heterocycles. The van der Waals surface area contributed by atoms with Gasteiger partial charge in [0, 0.05) is 37.6 Å². The first-order chi connectivity index (χ1) is 13.3. The maximum absolute atomic E-state index is 12.1. The number of nitrogens with zero attached hydrogens (tertiary/aromatic N) is 2. The monoisotopic (exact) mass is 526 g/mol. The van der Waals surface area contributed by atoms with Gasteiger partial charge in [-0.05, 0) is 17.7 Å². The van der Waals surface area contributed by atoms with Crippen LogP contribution in [0.4, 0.5) is 18.9 Å². The van der Waals surface area contributed by atoms with Gasteiger partial charge in [0.1, 0.15) is 0 Å². The van der Waals surface area contributed by atoms with E-state index < -0.39 is 12.8 Å².